The molecule has 1 heterocycles. The lowest BCUT2D eigenvalue weighted by Gasteiger charge is -2.42. The molecule has 0 radical (unpaired) electrons. The van der Waals surface area contributed by atoms with Gasteiger partial charge in [-0.1, -0.05) is 67.9 Å². The Morgan fingerprint density at radius 1 is 0.929 bits per heavy atom. The van der Waals surface area contributed by atoms with Crippen molar-refractivity contribution in [2.75, 3.05) is 52.4 Å². The second-order valence-electron chi connectivity index (χ2n) is 7.67. The molecule has 0 amide bonds. The molecule has 4 heteroatoms. The number of benzene rings is 2. The average Bonchev–Trinajstić information content (AvgIpc) is 2.75. The smallest absolute Gasteiger partial charge is 0.0476 e. The van der Waals surface area contributed by atoms with E-state index >= 15 is 0 Å². The van der Waals surface area contributed by atoms with E-state index in [0.717, 1.165) is 63.8 Å². The molecule has 1 saturated heterocycles. The van der Waals surface area contributed by atoms with Gasteiger partial charge in [0.25, 0.3) is 0 Å². The number of piperazine rings is 1. The molecule has 2 aromatic carbocycles. The fourth-order valence-corrected chi connectivity index (χ4v) is 4.21. The van der Waals surface area contributed by atoms with Crippen LogP contribution in [0.3, 0.4) is 0 Å². The highest BCUT2D eigenvalue weighted by molar-refractivity contribution is 6.30. The van der Waals surface area contributed by atoms with Crippen LogP contribution in [0.5, 0.6) is 0 Å². The highest BCUT2D eigenvalue weighted by Crippen LogP contribution is 2.25. The number of halogens is 1. The van der Waals surface area contributed by atoms with E-state index in [1.54, 1.807) is 0 Å². The highest BCUT2D eigenvalue weighted by Gasteiger charge is 2.27. The van der Waals surface area contributed by atoms with Crippen molar-refractivity contribution < 1.29 is 0 Å². The topological polar surface area (TPSA) is 9.72 Å². The van der Waals surface area contributed by atoms with E-state index in [2.05, 4.69) is 71.0 Å². The molecule has 0 spiro atoms. The summed E-state index contributed by atoms with van der Waals surface area (Å²) in [7, 11) is 0. The highest BCUT2D eigenvalue weighted by atomic mass is 35.5. The molecule has 3 rings (SSSR count). The zero-order valence-corrected chi connectivity index (χ0v) is 18.1. The predicted octanol–water partition coefficient (Wildman–Crippen LogP) is 4.58. The first-order valence-corrected chi connectivity index (χ1v) is 11.1. The third kappa shape index (κ3) is 6.05. The summed E-state index contributed by atoms with van der Waals surface area (Å²) in [5.74, 6) is 0. The van der Waals surface area contributed by atoms with Crippen molar-refractivity contribution in [1.29, 1.82) is 0 Å². The first kappa shape index (κ1) is 21.3. The van der Waals surface area contributed by atoms with Crippen LogP contribution in [0, 0.1) is 0 Å². The molecule has 2 aromatic rings. The SMILES string of the molecule is CCN(CC)CCN1CCN(CCc2ccc(Cl)cc2)CC1c1ccccc1. The Morgan fingerprint density at radius 2 is 1.64 bits per heavy atom. The molecule has 0 bridgehead atoms. The lowest BCUT2D eigenvalue weighted by atomic mass is 10.0. The van der Waals surface area contributed by atoms with Gasteiger partial charge in [0.2, 0.25) is 0 Å². The van der Waals surface area contributed by atoms with Crippen molar-refractivity contribution in [2.24, 2.45) is 0 Å². The number of likely N-dealkylation sites (N-methyl/N-ethyl adjacent to an activating group) is 1. The molecule has 0 N–H and O–H groups in total. The monoisotopic (exact) mass is 399 g/mol. The second kappa shape index (κ2) is 11.0. The molecule has 28 heavy (non-hydrogen) atoms. The minimum Gasteiger partial charge on any atom is -0.303 e. The van der Waals surface area contributed by atoms with Crippen LogP contribution >= 0.6 is 11.6 Å². The van der Waals surface area contributed by atoms with Crippen LogP contribution in [0.25, 0.3) is 0 Å². The zero-order valence-electron chi connectivity index (χ0n) is 17.4. The van der Waals surface area contributed by atoms with Crippen molar-refractivity contribution in [3.63, 3.8) is 0 Å². The lowest BCUT2D eigenvalue weighted by Crippen LogP contribution is -2.50. The van der Waals surface area contributed by atoms with E-state index in [9.17, 15) is 0 Å². The number of rotatable bonds is 9. The third-order valence-corrected chi connectivity index (χ3v) is 6.24. The third-order valence-electron chi connectivity index (χ3n) is 5.99. The molecule has 152 valence electrons. The lowest BCUT2D eigenvalue weighted by molar-refractivity contribution is 0.0662. The summed E-state index contributed by atoms with van der Waals surface area (Å²) in [4.78, 5) is 7.83. The number of hydrogen-bond donors (Lipinski definition) is 0. The number of hydrogen-bond acceptors (Lipinski definition) is 3. The quantitative estimate of drug-likeness (QED) is 0.610. The molecule has 0 aromatic heterocycles. The van der Waals surface area contributed by atoms with Crippen molar-refractivity contribution >= 4 is 11.6 Å². The van der Waals surface area contributed by atoms with Gasteiger partial charge in [-0.2, -0.15) is 0 Å². The van der Waals surface area contributed by atoms with Crippen molar-refractivity contribution in [2.45, 2.75) is 26.3 Å². The van der Waals surface area contributed by atoms with Gasteiger partial charge in [-0.3, -0.25) is 9.80 Å². The van der Waals surface area contributed by atoms with Crippen molar-refractivity contribution in [3.8, 4) is 0 Å². The van der Waals surface area contributed by atoms with Gasteiger partial charge < -0.3 is 4.90 Å². The van der Waals surface area contributed by atoms with Gasteiger partial charge >= 0.3 is 0 Å². The van der Waals surface area contributed by atoms with Gasteiger partial charge in [0.05, 0.1) is 0 Å². The van der Waals surface area contributed by atoms with E-state index in [1.165, 1.54) is 11.1 Å². The minimum atomic E-state index is 0.482. The van der Waals surface area contributed by atoms with E-state index < -0.39 is 0 Å². The van der Waals surface area contributed by atoms with Crippen molar-refractivity contribution in [1.82, 2.24) is 14.7 Å². The molecule has 0 aliphatic carbocycles. The summed E-state index contributed by atoms with van der Waals surface area (Å²) >= 11 is 6.02. The second-order valence-corrected chi connectivity index (χ2v) is 8.10. The van der Waals surface area contributed by atoms with E-state index in [1.807, 2.05) is 12.1 Å². The van der Waals surface area contributed by atoms with E-state index in [4.69, 9.17) is 11.6 Å². The normalized spacial score (nSPS) is 18.6. The van der Waals surface area contributed by atoms with Crippen LogP contribution < -0.4 is 0 Å². The standard InChI is InChI=1S/C24H34ClN3/c1-3-26(4-2)16-18-28-19-17-27(15-14-21-10-12-23(25)13-11-21)20-24(28)22-8-6-5-7-9-22/h5-13,24H,3-4,14-20H2,1-2H3. The fraction of sp³-hybridized carbons (Fsp3) is 0.500. The maximum absolute atomic E-state index is 6.02. The molecule has 1 atom stereocenters. The number of nitrogens with zero attached hydrogens (tertiary/aromatic N) is 3. The molecule has 3 nitrogen and oxygen atoms in total. The maximum atomic E-state index is 6.02. The van der Waals surface area contributed by atoms with Crippen LogP contribution in [0.1, 0.15) is 31.0 Å². The zero-order chi connectivity index (χ0) is 19.8. The van der Waals surface area contributed by atoms with Gasteiger partial charge in [-0.25, -0.2) is 0 Å². The molecule has 0 saturated carbocycles. The summed E-state index contributed by atoms with van der Waals surface area (Å²) in [6, 6.07) is 19.8. The Labute approximate surface area is 175 Å². The molecular formula is C24H34ClN3. The first-order valence-electron chi connectivity index (χ1n) is 10.7. The van der Waals surface area contributed by atoms with Gasteiger partial charge in [-0.05, 0) is 42.8 Å². The molecule has 1 aliphatic rings. The van der Waals surface area contributed by atoms with Gasteiger partial charge in [0.1, 0.15) is 0 Å². The average molecular weight is 400 g/mol. The fourth-order valence-electron chi connectivity index (χ4n) is 4.09. The molecule has 1 fully saturated rings. The summed E-state index contributed by atoms with van der Waals surface area (Å²) in [6.45, 7) is 13.6. The Balaban J connectivity index is 1.62. The largest absolute Gasteiger partial charge is 0.303 e. The predicted molar refractivity (Wildman–Crippen MR) is 120 cm³/mol. The van der Waals surface area contributed by atoms with Gasteiger partial charge in [0, 0.05) is 50.3 Å². The Morgan fingerprint density at radius 3 is 2.32 bits per heavy atom. The Kier molecular flexibility index (Phi) is 8.35. The maximum Gasteiger partial charge on any atom is 0.0476 e. The summed E-state index contributed by atoms with van der Waals surface area (Å²) in [5.41, 5.74) is 2.81. The van der Waals surface area contributed by atoms with Crippen LogP contribution in [0.2, 0.25) is 5.02 Å². The molecule has 1 unspecified atom stereocenters. The van der Waals surface area contributed by atoms with Crippen LogP contribution in [-0.4, -0.2) is 67.1 Å². The molecular weight excluding hydrogens is 366 g/mol. The molecule has 1 aliphatic heterocycles. The van der Waals surface area contributed by atoms with Gasteiger partial charge in [0.15, 0.2) is 0 Å². The first-order chi connectivity index (χ1) is 13.7. The van der Waals surface area contributed by atoms with Gasteiger partial charge in [-0.15, -0.1) is 0 Å². The Hall–Kier alpha value is -1.39. The summed E-state index contributed by atoms with van der Waals surface area (Å²) < 4.78 is 0. The Bertz CT molecular complexity index is 685. The van der Waals surface area contributed by atoms with Crippen LogP contribution in [0.4, 0.5) is 0 Å². The van der Waals surface area contributed by atoms with Crippen molar-refractivity contribution in [3.05, 3.63) is 70.7 Å². The van der Waals surface area contributed by atoms with Crippen LogP contribution in [0.15, 0.2) is 54.6 Å². The van der Waals surface area contributed by atoms with E-state index in [-0.39, 0.29) is 0 Å². The summed E-state index contributed by atoms with van der Waals surface area (Å²) in [5, 5.41) is 0.815. The van der Waals surface area contributed by atoms with E-state index in [0.29, 0.717) is 6.04 Å². The summed E-state index contributed by atoms with van der Waals surface area (Å²) in [6.07, 6.45) is 1.08. The van der Waals surface area contributed by atoms with Crippen LogP contribution in [-0.2, 0) is 6.42 Å². The minimum absolute atomic E-state index is 0.482.